The molecule has 2 aromatic rings. The van der Waals surface area contributed by atoms with Gasteiger partial charge in [-0.25, -0.2) is 4.98 Å². The fraction of sp³-hybridized carbons (Fsp3) is 0.720. The molecule has 0 radical (unpaired) electrons. The van der Waals surface area contributed by atoms with Crippen molar-refractivity contribution in [1.29, 1.82) is 0 Å². The van der Waals surface area contributed by atoms with E-state index >= 15 is 0 Å². The zero-order valence-electron chi connectivity index (χ0n) is 19.4. The minimum absolute atomic E-state index is 0.0994. The molecule has 0 saturated heterocycles. The van der Waals surface area contributed by atoms with Crippen molar-refractivity contribution in [1.82, 2.24) is 9.97 Å². The summed E-state index contributed by atoms with van der Waals surface area (Å²) < 4.78 is 31.6. The van der Waals surface area contributed by atoms with Crippen LogP contribution in [0.2, 0.25) is 0 Å². The van der Waals surface area contributed by atoms with E-state index in [9.17, 15) is 8.42 Å². The van der Waals surface area contributed by atoms with Gasteiger partial charge in [-0.15, -0.1) is 0 Å². The molecule has 0 bridgehead atoms. The number of H-pyrrole nitrogens is 1. The lowest BCUT2D eigenvalue weighted by Crippen LogP contribution is -1.97. The Morgan fingerprint density at radius 1 is 0.774 bits per heavy atom. The Morgan fingerprint density at radius 2 is 1.26 bits per heavy atom. The van der Waals surface area contributed by atoms with Crippen LogP contribution in [0.1, 0.15) is 115 Å². The van der Waals surface area contributed by atoms with Crippen LogP contribution in [0.4, 0.5) is 0 Å². The molecule has 0 aliphatic carbocycles. The van der Waals surface area contributed by atoms with Gasteiger partial charge in [0.2, 0.25) is 0 Å². The zero-order valence-corrected chi connectivity index (χ0v) is 20.2. The highest BCUT2D eigenvalue weighted by molar-refractivity contribution is 7.85. The SMILES string of the molecule is CCCCCCCCCCCCCCCCCCc1nc2ccc(S(=O)(=O)O)cc2[nH]1. The van der Waals surface area contributed by atoms with Gasteiger partial charge in [0.1, 0.15) is 5.82 Å². The molecule has 1 aromatic carbocycles. The summed E-state index contributed by atoms with van der Waals surface area (Å²) in [5.74, 6) is 0.882. The van der Waals surface area contributed by atoms with Crippen molar-refractivity contribution in [3.05, 3.63) is 24.0 Å². The topological polar surface area (TPSA) is 83.1 Å². The first-order valence-corrected chi connectivity index (χ1v) is 13.9. The van der Waals surface area contributed by atoms with E-state index in [1.165, 1.54) is 108 Å². The number of fused-ring (bicyclic) bond motifs is 1. The standard InChI is InChI=1S/C25H42N2O3S/c1-2-3-4-5-6-7-8-9-10-11-12-13-14-15-16-17-18-25-26-23-20-19-22(31(28,29)30)21-24(23)27-25/h19-21H,2-18H2,1H3,(H,26,27)(H,28,29,30). The quantitative estimate of drug-likeness (QED) is 0.181. The highest BCUT2D eigenvalue weighted by Gasteiger charge is 2.11. The predicted molar refractivity (Wildman–Crippen MR) is 129 cm³/mol. The third-order valence-electron chi connectivity index (χ3n) is 6.07. The van der Waals surface area contributed by atoms with Gasteiger partial charge in [0.15, 0.2) is 0 Å². The number of aromatic nitrogens is 2. The van der Waals surface area contributed by atoms with E-state index in [0.29, 0.717) is 5.52 Å². The first-order chi connectivity index (χ1) is 15.0. The minimum Gasteiger partial charge on any atom is -0.342 e. The number of nitrogens with one attached hydrogen (secondary N) is 1. The number of aromatic amines is 1. The van der Waals surface area contributed by atoms with Crippen LogP contribution >= 0.6 is 0 Å². The zero-order chi connectivity index (χ0) is 22.4. The van der Waals surface area contributed by atoms with Crippen LogP contribution in [-0.2, 0) is 16.5 Å². The Morgan fingerprint density at radius 3 is 1.74 bits per heavy atom. The second-order valence-corrected chi connectivity index (χ2v) is 10.3. The summed E-state index contributed by atoms with van der Waals surface area (Å²) in [6.45, 7) is 2.27. The van der Waals surface area contributed by atoms with Gasteiger partial charge in [0.05, 0.1) is 15.9 Å². The van der Waals surface area contributed by atoms with Crippen LogP contribution in [0.25, 0.3) is 11.0 Å². The highest BCUT2D eigenvalue weighted by Crippen LogP contribution is 2.19. The van der Waals surface area contributed by atoms with Gasteiger partial charge >= 0.3 is 0 Å². The maximum absolute atomic E-state index is 11.2. The number of unbranched alkanes of at least 4 members (excludes halogenated alkanes) is 15. The molecule has 0 fully saturated rings. The van der Waals surface area contributed by atoms with E-state index in [2.05, 4.69) is 16.9 Å². The highest BCUT2D eigenvalue weighted by atomic mass is 32.2. The number of rotatable bonds is 18. The first-order valence-electron chi connectivity index (χ1n) is 12.5. The molecule has 31 heavy (non-hydrogen) atoms. The van der Waals surface area contributed by atoms with Crippen molar-refractivity contribution < 1.29 is 13.0 Å². The van der Waals surface area contributed by atoms with Crippen molar-refractivity contribution in [3.63, 3.8) is 0 Å². The summed E-state index contributed by atoms with van der Waals surface area (Å²) in [4.78, 5) is 7.59. The largest absolute Gasteiger partial charge is 0.342 e. The third-order valence-corrected chi connectivity index (χ3v) is 6.92. The van der Waals surface area contributed by atoms with Crippen molar-refractivity contribution >= 4 is 21.2 Å². The van der Waals surface area contributed by atoms with E-state index in [1.807, 2.05) is 0 Å². The summed E-state index contributed by atoms with van der Waals surface area (Å²) in [5, 5.41) is 0. The Hall–Kier alpha value is -1.40. The lowest BCUT2D eigenvalue weighted by molar-refractivity contribution is 0.483. The molecule has 0 unspecified atom stereocenters. The average Bonchev–Trinajstić information content (AvgIpc) is 3.15. The minimum atomic E-state index is -4.18. The third kappa shape index (κ3) is 10.6. The fourth-order valence-corrected chi connectivity index (χ4v) is 4.67. The normalized spacial score (nSPS) is 12.1. The Labute approximate surface area is 189 Å². The molecule has 176 valence electrons. The summed E-state index contributed by atoms with van der Waals surface area (Å²) in [7, 11) is -4.18. The molecule has 2 rings (SSSR count). The molecule has 0 aliphatic heterocycles. The summed E-state index contributed by atoms with van der Waals surface area (Å²) in [6, 6.07) is 4.46. The molecule has 0 saturated carbocycles. The number of nitrogens with zero attached hydrogens (tertiary/aromatic N) is 1. The fourth-order valence-electron chi connectivity index (χ4n) is 4.16. The number of hydrogen-bond acceptors (Lipinski definition) is 3. The predicted octanol–water partition coefficient (Wildman–Crippen LogP) is 7.61. The van der Waals surface area contributed by atoms with Gasteiger partial charge in [-0.2, -0.15) is 8.42 Å². The van der Waals surface area contributed by atoms with Crippen molar-refractivity contribution in [3.8, 4) is 0 Å². The molecule has 0 atom stereocenters. The van der Waals surface area contributed by atoms with E-state index in [4.69, 9.17) is 4.55 Å². The van der Waals surface area contributed by atoms with Crippen molar-refractivity contribution in [2.75, 3.05) is 0 Å². The molecule has 1 aromatic heterocycles. The van der Waals surface area contributed by atoms with E-state index in [0.717, 1.165) is 24.2 Å². The van der Waals surface area contributed by atoms with Crippen LogP contribution in [0.3, 0.4) is 0 Å². The summed E-state index contributed by atoms with van der Waals surface area (Å²) in [5.41, 5.74) is 1.39. The Balaban J connectivity index is 1.44. The van der Waals surface area contributed by atoms with Crippen LogP contribution in [0.15, 0.2) is 23.1 Å². The number of hydrogen-bond donors (Lipinski definition) is 2. The van der Waals surface area contributed by atoms with E-state index in [1.54, 1.807) is 6.07 Å². The smallest absolute Gasteiger partial charge is 0.294 e. The summed E-state index contributed by atoms with van der Waals surface area (Å²) in [6.07, 6.45) is 22.5. The van der Waals surface area contributed by atoms with Gasteiger partial charge in [-0.3, -0.25) is 4.55 Å². The van der Waals surface area contributed by atoms with Crippen LogP contribution in [0, 0.1) is 0 Å². The second-order valence-electron chi connectivity index (χ2n) is 8.89. The average molecular weight is 451 g/mol. The van der Waals surface area contributed by atoms with Gasteiger partial charge in [-0.05, 0) is 24.6 Å². The molecule has 0 aliphatic rings. The van der Waals surface area contributed by atoms with Gasteiger partial charge < -0.3 is 4.98 Å². The Kier molecular flexibility index (Phi) is 12.2. The number of imidazole rings is 1. The second kappa shape index (κ2) is 14.6. The maximum Gasteiger partial charge on any atom is 0.294 e. The molecule has 2 N–H and O–H groups in total. The lowest BCUT2D eigenvalue weighted by Gasteiger charge is -2.03. The molecule has 0 spiro atoms. The van der Waals surface area contributed by atoms with E-state index < -0.39 is 10.1 Å². The summed E-state index contributed by atoms with van der Waals surface area (Å²) >= 11 is 0. The van der Waals surface area contributed by atoms with Crippen LogP contribution in [0.5, 0.6) is 0 Å². The monoisotopic (exact) mass is 450 g/mol. The van der Waals surface area contributed by atoms with Gasteiger partial charge in [-0.1, -0.05) is 103 Å². The molecular weight excluding hydrogens is 408 g/mol. The molecule has 1 heterocycles. The van der Waals surface area contributed by atoms with E-state index in [-0.39, 0.29) is 4.90 Å². The molecule has 5 nitrogen and oxygen atoms in total. The van der Waals surface area contributed by atoms with Gasteiger partial charge in [0.25, 0.3) is 10.1 Å². The first kappa shape index (κ1) is 25.9. The number of aryl methyl sites for hydroxylation is 1. The van der Waals surface area contributed by atoms with Gasteiger partial charge in [0, 0.05) is 6.42 Å². The number of benzene rings is 1. The maximum atomic E-state index is 11.2. The van der Waals surface area contributed by atoms with Crippen LogP contribution in [-0.4, -0.2) is 22.9 Å². The Bertz CT molecular complexity index is 846. The van der Waals surface area contributed by atoms with Crippen molar-refractivity contribution in [2.45, 2.75) is 121 Å². The molecular formula is C25H42N2O3S. The molecule has 0 amide bonds. The van der Waals surface area contributed by atoms with Crippen LogP contribution < -0.4 is 0 Å². The van der Waals surface area contributed by atoms with Crippen molar-refractivity contribution in [2.24, 2.45) is 0 Å². The molecule has 6 heteroatoms. The lowest BCUT2D eigenvalue weighted by atomic mass is 10.0.